The van der Waals surface area contributed by atoms with Crippen LogP contribution < -0.4 is 0 Å². The molecule has 0 aromatic heterocycles. The normalized spacial score (nSPS) is 19.9. The molecule has 0 spiro atoms. The topological polar surface area (TPSA) is 0 Å². The average molecular weight is 188 g/mol. The minimum absolute atomic E-state index is 0.763. The highest BCUT2D eigenvalue weighted by molar-refractivity contribution is 5.29. The van der Waals surface area contributed by atoms with Crippen LogP contribution >= 0.6 is 0 Å². The summed E-state index contributed by atoms with van der Waals surface area (Å²) in [6.07, 6.45) is 5.77. The Labute approximate surface area is 87.3 Å². The molecular weight excluding hydrogens is 168 g/mol. The van der Waals surface area contributed by atoms with E-state index in [-0.39, 0.29) is 0 Å². The quantitative estimate of drug-likeness (QED) is 0.649. The standard InChI is InChI=1S/C14H20/c1-11-7-3-6-10-14(11)12(2)13-8-4-5-9-13/h3,6-7,10,12-13H,4-5,8-9H2,1-2H3. The third-order valence-corrected chi connectivity index (χ3v) is 3.79. The van der Waals surface area contributed by atoms with Crippen molar-refractivity contribution in [2.24, 2.45) is 5.92 Å². The van der Waals surface area contributed by atoms with Crippen LogP contribution in [-0.2, 0) is 0 Å². The number of benzene rings is 1. The molecule has 1 fully saturated rings. The molecule has 0 saturated heterocycles. The zero-order chi connectivity index (χ0) is 9.97. The van der Waals surface area contributed by atoms with E-state index in [1.807, 2.05) is 0 Å². The number of aryl methyl sites for hydroxylation is 1. The van der Waals surface area contributed by atoms with E-state index >= 15 is 0 Å². The second-order valence-electron chi connectivity index (χ2n) is 4.69. The lowest BCUT2D eigenvalue weighted by atomic mass is 9.84. The van der Waals surface area contributed by atoms with Gasteiger partial charge in [0, 0.05) is 0 Å². The van der Waals surface area contributed by atoms with E-state index < -0.39 is 0 Å². The predicted octanol–water partition coefficient (Wildman–Crippen LogP) is 4.29. The smallest absolute Gasteiger partial charge is 0.0159 e. The summed E-state index contributed by atoms with van der Waals surface area (Å²) in [5.41, 5.74) is 3.03. The first kappa shape index (κ1) is 9.76. The highest BCUT2D eigenvalue weighted by Crippen LogP contribution is 2.37. The first-order valence-corrected chi connectivity index (χ1v) is 5.84. The maximum atomic E-state index is 2.40. The fourth-order valence-electron chi connectivity index (χ4n) is 2.81. The zero-order valence-electron chi connectivity index (χ0n) is 9.29. The molecule has 0 nitrogen and oxygen atoms in total. The molecule has 0 bridgehead atoms. The first-order valence-electron chi connectivity index (χ1n) is 5.84. The molecule has 2 rings (SSSR count). The van der Waals surface area contributed by atoms with Gasteiger partial charge in [-0.3, -0.25) is 0 Å². The Kier molecular flexibility index (Phi) is 2.90. The second-order valence-corrected chi connectivity index (χ2v) is 4.69. The van der Waals surface area contributed by atoms with Gasteiger partial charge >= 0.3 is 0 Å². The third kappa shape index (κ3) is 1.84. The van der Waals surface area contributed by atoms with Crippen molar-refractivity contribution in [2.75, 3.05) is 0 Å². The Morgan fingerprint density at radius 3 is 2.43 bits per heavy atom. The molecule has 1 aliphatic carbocycles. The lowest BCUT2D eigenvalue weighted by Crippen LogP contribution is -2.07. The molecule has 0 N–H and O–H groups in total. The molecule has 76 valence electrons. The summed E-state index contributed by atoms with van der Waals surface area (Å²) in [4.78, 5) is 0. The molecule has 0 heteroatoms. The maximum Gasteiger partial charge on any atom is -0.0159 e. The molecule has 14 heavy (non-hydrogen) atoms. The van der Waals surface area contributed by atoms with Gasteiger partial charge in [-0.15, -0.1) is 0 Å². The van der Waals surface area contributed by atoms with Gasteiger partial charge in [-0.05, 0) is 42.7 Å². The summed E-state index contributed by atoms with van der Waals surface area (Å²) >= 11 is 0. The van der Waals surface area contributed by atoms with E-state index in [0.29, 0.717) is 0 Å². The van der Waals surface area contributed by atoms with Gasteiger partial charge in [0.25, 0.3) is 0 Å². The second kappa shape index (κ2) is 4.16. The fraction of sp³-hybridized carbons (Fsp3) is 0.571. The zero-order valence-corrected chi connectivity index (χ0v) is 9.29. The van der Waals surface area contributed by atoms with Crippen LogP contribution in [0.25, 0.3) is 0 Å². The molecule has 0 heterocycles. The summed E-state index contributed by atoms with van der Waals surface area (Å²) in [7, 11) is 0. The van der Waals surface area contributed by atoms with Crippen LogP contribution in [0, 0.1) is 12.8 Å². The number of hydrogen-bond acceptors (Lipinski definition) is 0. The van der Waals surface area contributed by atoms with Gasteiger partial charge in [0.05, 0.1) is 0 Å². The Bertz CT molecular complexity index is 295. The van der Waals surface area contributed by atoms with E-state index in [2.05, 4.69) is 38.1 Å². The van der Waals surface area contributed by atoms with Gasteiger partial charge in [0.1, 0.15) is 0 Å². The molecule has 1 aliphatic rings. The fourth-order valence-corrected chi connectivity index (χ4v) is 2.81. The summed E-state index contributed by atoms with van der Waals surface area (Å²) in [6.45, 7) is 4.64. The van der Waals surface area contributed by atoms with Crippen molar-refractivity contribution in [2.45, 2.75) is 45.4 Å². The number of hydrogen-bond donors (Lipinski definition) is 0. The van der Waals surface area contributed by atoms with Crippen molar-refractivity contribution < 1.29 is 0 Å². The molecule has 1 aromatic carbocycles. The molecule has 0 amide bonds. The molecule has 1 aromatic rings. The van der Waals surface area contributed by atoms with Crippen molar-refractivity contribution >= 4 is 0 Å². The van der Waals surface area contributed by atoms with Crippen molar-refractivity contribution in [3.8, 4) is 0 Å². The molecule has 1 saturated carbocycles. The van der Waals surface area contributed by atoms with Crippen LogP contribution in [0.1, 0.15) is 49.7 Å². The summed E-state index contributed by atoms with van der Waals surface area (Å²) < 4.78 is 0. The van der Waals surface area contributed by atoms with Gasteiger partial charge in [-0.2, -0.15) is 0 Å². The Morgan fingerprint density at radius 1 is 1.14 bits per heavy atom. The third-order valence-electron chi connectivity index (χ3n) is 3.79. The lowest BCUT2D eigenvalue weighted by Gasteiger charge is -2.20. The Balaban J connectivity index is 2.17. The van der Waals surface area contributed by atoms with Gasteiger partial charge in [-0.25, -0.2) is 0 Å². The Hall–Kier alpha value is -0.780. The monoisotopic (exact) mass is 188 g/mol. The minimum Gasteiger partial charge on any atom is -0.0620 e. The summed E-state index contributed by atoms with van der Waals surface area (Å²) in [6, 6.07) is 8.85. The largest absolute Gasteiger partial charge is 0.0620 e. The van der Waals surface area contributed by atoms with E-state index in [9.17, 15) is 0 Å². The van der Waals surface area contributed by atoms with Crippen molar-refractivity contribution in [3.05, 3.63) is 35.4 Å². The van der Waals surface area contributed by atoms with Crippen LogP contribution in [-0.4, -0.2) is 0 Å². The maximum absolute atomic E-state index is 2.40. The molecule has 0 aliphatic heterocycles. The van der Waals surface area contributed by atoms with Crippen LogP contribution in [0.2, 0.25) is 0 Å². The van der Waals surface area contributed by atoms with Gasteiger partial charge < -0.3 is 0 Å². The van der Waals surface area contributed by atoms with Crippen LogP contribution in [0.5, 0.6) is 0 Å². The van der Waals surface area contributed by atoms with Gasteiger partial charge in [-0.1, -0.05) is 44.0 Å². The minimum atomic E-state index is 0.763. The predicted molar refractivity (Wildman–Crippen MR) is 61.6 cm³/mol. The summed E-state index contributed by atoms with van der Waals surface area (Å²) in [5.74, 6) is 1.70. The molecular formula is C14H20. The SMILES string of the molecule is Cc1ccccc1C(C)C1CCCC1. The molecule has 1 atom stereocenters. The van der Waals surface area contributed by atoms with E-state index in [4.69, 9.17) is 0 Å². The van der Waals surface area contributed by atoms with Crippen LogP contribution in [0.15, 0.2) is 24.3 Å². The van der Waals surface area contributed by atoms with Crippen LogP contribution in [0.3, 0.4) is 0 Å². The first-order chi connectivity index (χ1) is 6.79. The van der Waals surface area contributed by atoms with Crippen molar-refractivity contribution in [1.82, 2.24) is 0 Å². The van der Waals surface area contributed by atoms with Crippen molar-refractivity contribution in [3.63, 3.8) is 0 Å². The van der Waals surface area contributed by atoms with Crippen LogP contribution in [0.4, 0.5) is 0 Å². The van der Waals surface area contributed by atoms with Gasteiger partial charge in [0.2, 0.25) is 0 Å². The molecule has 1 unspecified atom stereocenters. The summed E-state index contributed by atoms with van der Waals surface area (Å²) in [5, 5.41) is 0. The number of rotatable bonds is 2. The lowest BCUT2D eigenvalue weighted by molar-refractivity contribution is 0.459. The average Bonchev–Trinajstić information content (AvgIpc) is 2.70. The molecule has 0 radical (unpaired) electrons. The van der Waals surface area contributed by atoms with Crippen molar-refractivity contribution in [1.29, 1.82) is 0 Å². The van der Waals surface area contributed by atoms with Gasteiger partial charge in [0.15, 0.2) is 0 Å². The van der Waals surface area contributed by atoms with E-state index in [0.717, 1.165) is 11.8 Å². The highest BCUT2D eigenvalue weighted by atomic mass is 14.3. The Morgan fingerprint density at radius 2 is 1.79 bits per heavy atom. The van der Waals surface area contributed by atoms with E-state index in [1.54, 1.807) is 5.56 Å². The highest BCUT2D eigenvalue weighted by Gasteiger charge is 2.23. The van der Waals surface area contributed by atoms with E-state index in [1.165, 1.54) is 31.2 Å².